The molecule has 0 aliphatic heterocycles. The van der Waals surface area contributed by atoms with Gasteiger partial charge < -0.3 is 5.73 Å². The quantitative estimate of drug-likeness (QED) is 0.422. The minimum absolute atomic E-state index is 0.345. The van der Waals surface area contributed by atoms with Gasteiger partial charge in [-0.3, -0.25) is 0 Å². The van der Waals surface area contributed by atoms with Gasteiger partial charge in [-0.25, -0.2) is 0 Å². The van der Waals surface area contributed by atoms with Gasteiger partial charge in [0.05, 0.1) is 4.05 Å². The standard InChI is InChI=1S/C5H12IN/c1-4(2)3-5(6)7/h4-5H,3,7H2,1-2H3. The second-order valence-corrected chi connectivity index (χ2v) is 3.75. The van der Waals surface area contributed by atoms with Gasteiger partial charge in [0.2, 0.25) is 0 Å². The first-order valence-electron chi connectivity index (χ1n) is 2.52. The fraction of sp³-hybridized carbons (Fsp3) is 1.00. The molecule has 0 rings (SSSR count). The Labute approximate surface area is 58.8 Å². The molecule has 2 N–H and O–H groups in total. The zero-order valence-electron chi connectivity index (χ0n) is 4.82. The minimum Gasteiger partial charge on any atom is -0.320 e. The molecule has 0 saturated heterocycles. The van der Waals surface area contributed by atoms with Crippen LogP contribution in [-0.2, 0) is 0 Å². The monoisotopic (exact) mass is 213 g/mol. The molecule has 0 aliphatic carbocycles. The summed E-state index contributed by atoms with van der Waals surface area (Å²) >= 11 is 2.24. The van der Waals surface area contributed by atoms with Crippen LogP contribution in [0.5, 0.6) is 0 Å². The Morgan fingerprint density at radius 2 is 2.00 bits per heavy atom. The second-order valence-electron chi connectivity index (χ2n) is 2.15. The molecule has 0 spiro atoms. The van der Waals surface area contributed by atoms with Crippen LogP contribution in [0, 0.1) is 5.92 Å². The Morgan fingerprint density at radius 1 is 1.57 bits per heavy atom. The van der Waals surface area contributed by atoms with Gasteiger partial charge in [0.15, 0.2) is 0 Å². The van der Waals surface area contributed by atoms with Crippen molar-refractivity contribution in [1.82, 2.24) is 0 Å². The third-order valence-electron chi connectivity index (χ3n) is 0.697. The van der Waals surface area contributed by atoms with E-state index in [-0.39, 0.29) is 0 Å². The summed E-state index contributed by atoms with van der Waals surface area (Å²) in [5.74, 6) is 0.742. The molecule has 1 unspecified atom stereocenters. The van der Waals surface area contributed by atoms with Crippen molar-refractivity contribution in [2.45, 2.75) is 24.3 Å². The number of hydrogen-bond donors (Lipinski definition) is 1. The first-order valence-corrected chi connectivity index (χ1v) is 3.77. The summed E-state index contributed by atoms with van der Waals surface area (Å²) in [4.78, 5) is 0. The van der Waals surface area contributed by atoms with Crippen LogP contribution in [0.2, 0.25) is 0 Å². The first-order chi connectivity index (χ1) is 3.13. The fourth-order valence-corrected chi connectivity index (χ4v) is 1.47. The van der Waals surface area contributed by atoms with Gasteiger partial charge in [0.25, 0.3) is 0 Å². The van der Waals surface area contributed by atoms with E-state index in [1.54, 1.807) is 0 Å². The van der Waals surface area contributed by atoms with Crippen molar-refractivity contribution in [2.24, 2.45) is 11.7 Å². The van der Waals surface area contributed by atoms with Crippen LogP contribution in [0.25, 0.3) is 0 Å². The van der Waals surface area contributed by atoms with Crippen LogP contribution in [0.4, 0.5) is 0 Å². The van der Waals surface area contributed by atoms with Crippen molar-refractivity contribution in [2.75, 3.05) is 0 Å². The van der Waals surface area contributed by atoms with E-state index in [4.69, 9.17) is 5.73 Å². The SMILES string of the molecule is CC(C)CC(N)I. The van der Waals surface area contributed by atoms with Crippen molar-refractivity contribution in [3.05, 3.63) is 0 Å². The lowest BCUT2D eigenvalue weighted by molar-refractivity contribution is 0.586. The molecule has 0 aromatic carbocycles. The molecule has 0 aromatic rings. The highest BCUT2D eigenvalue weighted by Crippen LogP contribution is 2.06. The van der Waals surface area contributed by atoms with Crippen molar-refractivity contribution in [3.8, 4) is 0 Å². The second kappa shape index (κ2) is 3.66. The molecule has 0 aliphatic rings. The summed E-state index contributed by atoms with van der Waals surface area (Å²) in [6, 6.07) is 0. The summed E-state index contributed by atoms with van der Waals surface area (Å²) < 4.78 is 0.345. The van der Waals surface area contributed by atoms with Gasteiger partial charge in [0, 0.05) is 0 Å². The van der Waals surface area contributed by atoms with Crippen LogP contribution >= 0.6 is 22.6 Å². The summed E-state index contributed by atoms with van der Waals surface area (Å²) in [5.41, 5.74) is 5.48. The molecule has 0 bridgehead atoms. The topological polar surface area (TPSA) is 26.0 Å². The van der Waals surface area contributed by atoms with Crippen molar-refractivity contribution < 1.29 is 0 Å². The van der Waals surface area contributed by atoms with Crippen LogP contribution in [-0.4, -0.2) is 4.05 Å². The highest BCUT2D eigenvalue weighted by molar-refractivity contribution is 14.1. The molecule has 44 valence electrons. The minimum atomic E-state index is 0.345. The Kier molecular flexibility index (Phi) is 4.02. The highest BCUT2D eigenvalue weighted by Gasteiger charge is 1.97. The average molecular weight is 213 g/mol. The molecule has 2 heteroatoms. The van der Waals surface area contributed by atoms with Gasteiger partial charge in [0.1, 0.15) is 0 Å². The normalized spacial score (nSPS) is 15.0. The highest BCUT2D eigenvalue weighted by atomic mass is 127. The average Bonchev–Trinajstić information content (AvgIpc) is 1.27. The smallest absolute Gasteiger partial charge is 0.0571 e. The maximum absolute atomic E-state index is 5.48. The molecular weight excluding hydrogens is 201 g/mol. The largest absolute Gasteiger partial charge is 0.320 e. The molecule has 7 heavy (non-hydrogen) atoms. The number of halogens is 1. The predicted molar refractivity (Wildman–Crippen MR) is 41.5 cm³/mol. The molecule has 1 atom stereocenters. The van der Waals surface area contributed by atoms with E-state index in [1.807, 2.05) is 0 Å². The third-order valence-corrected chi connectivity index (χ3v) is 1.21. The Balaban J connectivity index is 2.95. The summed E-state index contributed by atoms with van der Waals surface area (Å²) in [6.07, 6.45) is 1.13. The predicted octanol–water partition coefficient (Wildman–Crippen LogP) is 1.75. The number of rotatable bonds is 2. The number of alkyl halides is 1. The van der Waals surface area contributed by atoms with E-state index in [2.05, 4.69) is 36.4 Å². The maximum Gasteiger partial charge on any atom is 0.0571 e. The lowest BCUT2D eigenvalue weighted by atomic mass is 10.1. The molecule has 1 nitrogen and oxygen atoms in total. The summed E-state index contributed by atoms with van der Waals surface area (Å²) in [5, 5.41) is 0. The molecule has 0 fully saturated rings. The van der Waals surface area contributed by atoms with E-state index in [0.29, 0.717) is 4.05 Å². The van der Waals surface area contributed by atoms with E-state index < -0.39 is 0 Å². The fourth-order valence-electron chi connectivity index (χ4n) is 0.450. The van der Waals surface area contributed by atoms with E-state index in [9.17, 15) is 0 Å². The lowest BCUT2D eigenvalue weighted by Crippen LogP contribution is -2.12. The zero-order chi connectivity index (χ0) is 5.86. The van der Waals surface area contributed by atoms with Crippen molar-refractivity contribution >= 4 is 22.6 Å². The zero-order valence-corrected chi connectivity index (χ0v) is 6.97. The van der Waals surface area contributed by atoms with Gasteiger partial charge in [-0.05, 0) is 12.3 Å². The summed E-state index contributed by atoms with van der Waals surface area (Å²) in [7, 11) is 0. The van der Waals surface area contributed by atoms with E-state index in [1.165, 1.54) is 0 Å². The van der Waals surface area contributed by atoms with Gasteiger partial charge >= 0.3 is 0 Å². The van der Waals surface area contributed by atoms with Crippen LogP contribution < -0.4 is 5.73 Å². The Hall–Kier alpha value is 0.690. The Bertz CT molecular complexity index is 37.3. The number of nitrogens with two attached hydrogens (primary N) is 1. The summed E-state index contributed by atoms with van der Waals surface area (Å²) in [6.45, 7) is 4.36. The Morgan fingerprint density at radius 3 is 2.00 bits per heavy atom. The van der Waals surface area contributed by atoms with Gasteiger partial charge in [-0.2, -0.15) is 0 Å². The van der Waals surface area contributed by atoms with E-state index >= 15 is 0 Å². The van der Waals surface area contributed by atoms with Gasteiger partial charge in [-0.15, -0.1) is 0 Å². The van der Waals surface area contributed by atoms with Crippen molar-refractivity contribution in [1.29, 1.82) is 0 Å². The molecule has 0 saturated carbocycles. The molecule has 0 amide bonds. The van der Waals surface area contributed by atoms with E-state index in [0.717, 1.165) is 12.3 Å². The molecule has 0 aromatic heterocycles. The van der Waals surface area contributed by atoms with Crippen LogP contribution in [0.15, 0.2) is 0 Å². The maximum atomic E-state index is 5.48. The van der Waals surface area contributed by atoms with Crippen LogP contribution in [0.1, 0.15) is 20.3 Å². The van der Waals surface area contributed by atoms with Crippen molar-refractivity contribution in [3.63, 3.8) is 0 Å². The van der Waals surface area contributed by atoms with Crippen LogP contribution in [0.3, 0.4) is 0 Å². The van der Waals surface area contributed by atoms with Gasteiger partial charge in [-0.1, -0.05) is 36.4 Å². The lowest BCUT2D eigenvalue weighted by Gasteiger charge is -2.04. The molecular formula is C5H12IN. The first kappa shape index (κ1) is 7.69. The molecule has 0 radical (unpaired) electrons. The number of hydrogen-bond acceptors (Lipinski definition) is 1. The molecule has 0 heterocycles. The third kappa shape index (κ3) is 6.69.